The average molecular weight is 357 g/mol. The van der Waals surface area contributed by atoms with E-state index in [-0.39, 0.29) is 19.2 Å². The van der Waals surface area contributed by atoms with Crippen LogP contribution in [0.5, 0.6) is 11.5 Å². The molecule has 0 bridgehead atoms. The summed E-state index contributed by atoms with van der Waals surface area (Å²) >= 11 is 1.41. The van der Waals surface area contributed by atoms with Gasteiger partial charge in [-0.3, -0.25) is 0 Å². The van der Waals surface area contributed by atoms with Crippen molar-refractivity contribution in [3.63, 3.8) is 0 Å². The topological polar surface area (TPSA) is 57.7 Å². The molecule has 4 rings (SSSR count). The van der Waals surface area contributed by atoms with Crippen molar-refractivity contribution in [2.45, 2.75) is 6.61 Å². The van der Waals surface area contributed by atoms with Crippen LogP contribution in [0.2, 0.25) is 0 Å². The van der Waals surface area contributed by atoms with Crippen LogP contribution in [0.3, 0.4) is 0 Å². The van der Waals surface area contributed by atoms with E-state index in [1.165, 1.54) is 23.5 Å². The van der Waals surface area contributed by atoms with Gasteiger partial charge in [0.05, 0.1) is 11.3 Å². The first-order chi connectivity index (χ1) is 12.2. The molecule has 0 unspecified atom stereocenters. The van der Waals surface area contributed by atoms with Crippen LogP contribution in [-0.4, -0.2) is 17.7 Å². The fraction of sp³-hybridized carbons (Fsp3) is 0.111. The smallest absolute Gasteiger partial charge is 0.338 e. The number of carbonyl (C=O) groups is 1. The molecule has 2 aromatic carbocycles. The van der Waals surface area contributed by atoms with Gasteiger partial charge in [-0.25, -0.2) is 14.2 Å². The van der Waals surface area contributed by atoms with Crippen molar-refractivity contribution in [2.24, 2.45) is 0 Å². The minimum atomic E-state index is -0.463. The fourth-order valence-corrected chi connectivity index (χ4v) is 3.16. The first kappa shape index (κ1) is 15.6. The van der Waals surface area contributed by atoms with Gasteiger partial charge >= 0.3 is 5.97 Å². The quantitative estimate of drug-likeness (QED) is 0.660. The van der Waals surface area contributed by atoms with Crippen LogP contribution >= 0.6 is 11.3 Å². The number of ether oxygens (including phenoxy) is 3. The number of hydrogen-bond donors (Lipinski definition) is 0. The highest BCUT2D eigenvalue weighted by Gasteiger charge is 2.17. The van der Waals surface area contributed by atoms with Gasteiger partial charge in [-0.15, -0.1) is 11.3 Å². The summed E-state index contributed by atoms with van der Waals surface area (Å²) < 4.78 is 28.7. The maximum atomic E-state index is 13.0. The van der Waals surface area contributed by atoms with Gasteiger partial charge in [0, 0.05) is 10.9 Å². The number of fused-ring (bicyclic) bond motifs is 1. The maximum Gasteiger partial charge on any atom is 0.338 e. The second kappa shape index (κ2) is 6.52. The number of nitrogens with zero attached hydrogens (tertiary/aromatic N) is 1. The highest BCUT2D eigenvalue weighted by atomic mass is 32.1. The molecule has 0 spiro atoms. The number of benzene rings is 2. The van der Waals surface area contributed by atoms with E-state index in [0.29, 0.717) is 22.8 Å². The minimum Gasteiger partial charge on any atom is -0.456 e. The Balaban J connectivity index is 1.41. The SMILES string of the molecule is O=C(OCc1csc(-c2ccc(F)cc2)n1)c1ccc2c(c1)OCO2. The maximum absolute atomic E-state index is 13.0. The second-order valence-corrected chi connectivity index (χ2v) is 6.15. The third kappa shape index (κ3) is 3.32. The zero-order chi connectivity index (χ0) is 17.2. The van der Waals surface area contributed by atoms with E-state index >= 15 is 0 Å². The highest BCUT2D eigenvalue weighted by Crippen LogP contribution is 2.32. The second-order valence-electron chi connectivity index (χ2n) is 5.30. The highest BCUT2D eigenvalue weighted by molar-refractivity contribution is 7.13. The summed E-state index contributed by atoms with van der Waals surface area (Å²) in [4.78, 5) is 16.6. The Kier molecular flexibility index (Phi) is 4.07. The van der Waals surface area contributed by atoms with E-state index in [4.69, 9.17) is 14.2 Å². The lowest BCUT2D eigenvalue weighted by Crippen LogP contribution is -2.05. The van der Waals surface area contributed by atoms with E-state index in [1.54, 1.807) is 30.3 Å². The van der Waals surface area contributed by atoms with Gasteiger partial charge in [0.15, 0.2) is 11.5 Å². The Morgan fingerprint density at radius 2 is 1.96 bits per heavy atom. The lowest BCUT2D eigenvalue weighted by molar-refractivity contribution is 0.0468. The van der Waals surface area contributed by atoms with Crippen LogP contribution < -0.4 is 9.47 Å². The monoisotopic (exact) mass is 357 g/mol. The van der Waals surface area contributed by atoms with Crippen molar-refractivity contribution in [1.82, 2.24) is 4.98 Å². The number of esters is 1. The molecule has 0 aliphatic carbocycles. The van der Waals surface area contributed by atoms with E-state index in [9.17, 15) is 9.18 Å². The summed E-state index contributed by atoms with van der Waals surface area (Å²) in [5.41, 5.74) is 1.84. The zero-order valence-electron chi connectivity index (χ0n) is 12.9. The molecular weight excluding hydrogens is 345 g/mol. The molecule has 0 N–H and O–H groups in total. The summed E-state index contributed by atoms with van der Waals surface area (Å²) in [7, 11) is 0. The Hall–Kier alpha value is -2.93. The molecule has 2 heterocycles. The molecule has 0 saturated carbocycles. The third-order valence-electron chi connectivity index (χ3n) is 3.60. The van der Waals surface area contributed by atoms with Crippen molar-refractivity contribution in [2.75, 3.05) is 6.79 Å². The van der Waals surface area contributed by atoms with E-state index in [1.807, 2.05) is 5.38 Å². The number of rotatable bonds is 4. The van der Waals surface area contributed by atoms with Gasteiger partial charge in [0.1, 0.15) is 17.4 Å². The van der Waals surface area contributed by atoms with Crippen LogP contribution in [0.4, 0.5) is 4.39 Å². The number of hydrogen-bond acceptors (Lipinski definition) is 6. The first-order valence-corrected chi connectivity index (χ1v) is 8.34. The Morgan fingerprint density at radius 1 is 1.16 bits per heavy atom. The summed E-state index contributed by atoms with van der Waals surface area (Å²) in [6, 6.07) is 11.0. The predicted octanol–water partition coefficient (Wildman–Crippen LogP) is 4.03. The molecule has 25 heavy (non-hydrogen) atoms. The van der Waals surface area contributed by atoms with Crippen LogP contribution in [0.1, 0.15) is 16.1 Å². The molecule has 1 aliphatic heterocycles. The van der Waals surface area contributed by atoms with Gasteiger partial charge in [0.2, 0.25) is 6.79 Å². The largest absolute Gasteiger partial charge is 0.456 e. The fourth-order valence-electron chi connectivity index (χ4n) is 2.34. The van der Waals surface area contributed by atoms with E-state index < -0.39 is 5.97 Å². The molecule has 7 heteroatoms. The van der Waals surface area contributed by atoms with Crippen LogP contribution in [-0.2, 0) is 11.3 Å². The van der Waals surface area contributed by atoms with Crippen molar-refractivity contribution < 1.29 is 23.4 Å². The molecule has 0 fully saturated rings. The van der Waals surface area contributed by atoms with Crippen molar-refractivity contribution in [1.29, 1.82) is 0 Å². The molecule has 0 amide bonds. The van der Waals surface area contributed by atoms with Crippen LogP contribution in [0, 0.1) is 5.82 Å². The lowest BCUT2D eigenvalue weighted by atomic mass is 10.2. The molecule has 0 saturated heterocycles. The van der Waals surface area contributed by atoms with E-state index in [2.05, 4.69) is 4.98 Å². The molecule has 0 radical (unpaired) electrons. The normalized spacial score (nSPS) is 12.2. The van der Waals surface area contributed by atoms with E-state index in [0.717, 1.165) is 10.6 Å². The molecule has 3 aromatic rings. The Labute approximate surface area is 146 Å². The molecule has 0 atom stereocenters. The predicted molar refractivity (Wildman–Crippen MR) is 89.2 cm³/mol. The summed E-state index contributed by atoms with van der Waals surface area (Å²) in [5.74, 6) is 0.384. The Bertz CT molecular complexity index is 923. The molecule has 126 valence electrons. The van der Waals surface area contributed by atoms with Gasteiger partial charge in [-0.2, -0.15) is 0 Å². The van der Waals surface area contributed by atoms with Crippen LogP contribution in [0.15, 0.2) is 47.8 Å². The van der Waals surface area contributed by atoms with Gasteiger partial charge in [-0.05, 0) is 42.5 Å². The summed E-state index contributed by atoms with van der Waals surface area (Å²) in [6.45, 7) is 0.212. The van der Waals surface area contributed by atoms with Crippen molar-refractivity contribution in [3.8, 4) is 22.1 Å². The lowest BCUT2D eigenvalue weighted by Gasteiger charge is -2.04. The number of carbonyl (C=O) groups excluding carboxylic acids is 1. The third-order valence-corrected chi connectivity index (χ3v) is 4.54. The van der Waals surface area contributed by atoms with Crippen LogP contribution in [0.25, 0.3) is 10.6 Å². The minimum absolute atomic E-state index is 0.0605. The summed E-state index contributed by atoms with van der Waals surface area (Å²) in [5, 5.41) is 2.56. The first-order valence-electron chi connectivity index (χ1n) is 7.46. The average Bonchev–Trinajstić information content (AvgIpc) is 3.29. The number of thiazole rings is 1. The number of aromatic nitrogens is 1. The molecular formula is C18H12FNO4S. The zero-order valence-corrected chi connectivity index (χ0v) is 13.7. The molecule has 5 nitrogen and oxygen atoms in total. The van der Waals surface area contributed by atoms with Gasteiger partial charge < -0.3 is 14.2 Å². The standard InChI is InChI=1S/C18H12FNO4S/c19-13-4-1-11(2-5-13)17-20-14(9-25-17)8-22-18(21)12-3-6-15-16(7-12)24-10-23-15/h1-7,9H,8,10H2. The Morgan fingerprint density at radius 3 is 2.80 bits per heavy atom. The van der Waals surface area contributed by atoms with Crippen molar-refractivity contribution in [3.05, 3.63) is 64.9 Å². The summed E-state index contributed by atoms with van der Waals surface area (Å²) in [6.07, 6.45) is 0. The van der Waals surface area contributed by atoms with Gasteiger partial charge in [0.25, 0.3) is 0 Å². The van der Waals surface area contributed by atoms with Gasteiger partial charge in [-0.1, -0.05) is 0 Å². The molecule has 1 aliphatic rings. The van der Waals surface area contributed by atoms with Crippen molar-refractivity contribution >= 4 is 17.3 Å². The number of halogens is 1. The molecule has 1 aromatic heterocycles.